The van der Waals surface area contributed by atoms with Crippen LogP contribution in [-0.2, 0) is 11.3 Å². The van der Waals surface area contributed by atoms with Crippen molar-refractivity contribution in [3.8, 4) is 10.6 Å². The summed E-state index contributed by atoms with van der Waals surface area (Å²) in [7, 11) is 0. The predicted molar refractivity (Wildman–Crippen MR) is 98.2 cm³/mol. The number of hydrogen-bond acceptors (Lipinski definition) is 5. The third kappa shape index (κ3) is 4.44. The first-order valence-electron chi connectivity index (χ1n) is 9.03. The summed E-state index contributed by atoms with van der Waals surface area (Å²) in [5.41, 5.74) is 2.09. The van der Waals surface area contributed by atoms with Crippen LogP contribution in [0.3, 0.4) is 0 Å². The largest absolute Gasteiger partial charge is 0.377 e. The van der Waals surface area contributed by atoms with E-state index in [9.17, 15) is 4.39 Å². The zero-order chi connectivity index (χ0) is 17.1. The molecule has 2 aromatic rings. The lowest BCUT2D eigenvalue weighted by molar-refractivity contribution is 0.0487. The fraction of sp³-hybridized carbons (Fsp3) is 0.526. The molecule has 1 unspecified atom stereocenters. The first-order valence-corrected chi connectivity index (χ1v) is 9.91. The molecule has 2 fully saturated rings. The summed E-state index contributed by atoms with van der Waals surface area (Å²) in [5, 5.41) is 3.09. The quantitative estimate of drug-likeness (QED) is 0.817. The molecular formula is C19H24FN3OS. The normalized spacial score (nSPS) is 22.5. The third-order valence-corrected chi connectivity index (χ3v) is 5.92. The average molecular weight is 361 g/mol. The van der Waals surface area contributed by atoms with Gasteiger partial charge in [-0.15, -0.1) is 11.3 Å². The van der Waals surface area contributed by atoms with Crippen LogP contribution in [-0.4, -0.2) is 60.2 Å². The van der Waals surface area contributed by atoms with Crippen molar-refractivity contribution in [2.75, 3.05) is 39.3 Å². The van der Waals surface area contributed by atoms with E-state index < -0.39 is 0 Å². The number of benzene rings is 1. The van der Waals surface area contributed by atoms with E-state index in [4.69, 9.17) is 9.72 Å². The SMILES string of the molecule is Fc1ccc(-c2nc(CN3CCN(CC4CCCO4)CC3)cs2)cc1. The lowest BCUT2D eigenvalue weighted by Crippen LogP contribution is -2.48. The number of halogens is 1. The lowest BCUT2D eigenvalue weighted by Gasteiger charge is -2.35. The molecule has 134 valence electrons. The number of nitrogens with zero attached hydrogens (tertiary/aromatic N) is 3. The van der Waals surface area contributed by atoms with Crippen molar-refractivity contribution < 1.29 is 9.13 Å². The van der Waals surface area contributed by atoms with Crippen molar-refractivity contribution in [1.82, 2.24) is 14.8 Å². The van der Waals surface area contributed by atoms with Gasteiger partial charge in [0.05, 0.1) is 11.8 Å². The molecule has 3 heterocycles. The van der Waals surface area contributed by atoms with Gasteiger partial charge in [-0.2, -0.15) is 0 Å². The topological polar surface area (TPSA) is 28.6 Å². The van der Waals surface area contributed by atoms with E-state index in [2.05, 4.69) is 15.2 Å². The number of aromatic nitrogens is 1. The van der Waals surface area contributed by atoms with Crippen LogP contribution in [0.2, 0.25) is 0 Å². The van der Waals surface area contributed by atoms with Crippen molar-refractivity contribution in [1.29, 1.82) is 0 Å². The Labute approximate surface area is 152 Å². The number of piperazine rings is 1. The van der Waals surface area contributed by atoms with Crippen LogP contribution in [0, 0.1) is 5.82 Å². The third-order valence-electron chi connectivity index (χ3n) is 4.98. The maximum absolute atomic E-state index is 13.0. The first-order chi connectivity index (χ1) is 12.3. The van der Waals surface area contributed by atoms with Crippen LogP contribution >= 0.6 is 11.3 Å². The van der Waals surface area contributed by atoms with Gasteiger partial charge in [0.25, 0.3) is 0 Å². The van der Waals surface area contributed by atoms with Crippen LogP contribution in [0.25, 0.3) is 10.6 Å². The van der Waals surface area contributed by atoms with E-state index in [1.807, 2.05) is 0 Å². The zero-order valence-electron chi connectivity index (χ0n) is 14.4. The maximum Gasteiger partial charge on any atom is 0.123 e. The Kier molecular flexibility index (Phi) is 5.41. The summed E-state index contributed by atoms with van der Waals surface area (Å²) < 4.78 is 18.8. The molecule has 2 saturated heterocycles. The Morgan fingerprint density at radius 2 is 1.88 bits per heavy atom. The van der Waals surface area contributed by atoms with Gasteiger partial charge in [-0.05, 0) is 37.1 Å². The number of rotatable bonds is 5. The molecule has 0 radical (unpaired) electrons. The highest BCUT2D eigenvalue weighted by atomic mass is 32.1. The summed E-state index contributed by atoms with van der Waals surface area (Å²) in [6.45, 7) is 7.28. The molecule has 0 amide bonds. The Balaban J connectivity index is 1.28. The molecule has 0 N–H and O–H groups in total. The van der Waals surface area contributed by atoms with E-state index >= 15 is 0 Å². The highest BCUT2D eigenvalue weighted by Gasteiger charge is 2.23. The van der Waals surface area contributed by atoms with Crippen LogP contribution in [0.4, 0.5) is 4.39 Å². The maximum atomic E-state index is 13.0. The van der Waals surface area contributed by atoms with Crippen molar-refractivity contribution >= 4 is 11.3 Å². The number of hydrogen-bond donors (Lipinski definition) is 0. The van der Waals surface area contributed by atoms with Gasteiger partial charge >= 0.3 is 0 Å². The second-order valence-corrected chi connectivity index (χ2v) is 7.72. The first kappa shape index (κ1) is 17.1. The Bertz CT molecular complexity index is 676. The Morgan fingerprint density at radius 1 is 1.12 bits per heavy atom. The average Bonchev–Trinajstić information content (AvgIpc) is 3.29. The highest BCUT2D eigenvalue weighted by Crippen LogP contribution is 2.24. The molecule has 1 aromatic carbocycles. The second-order valence-electron chi connectivity index (χ2n) is 6.86. The van der Waals surface area contributed by atoms with Gasteiger partial charge in [0.2, 0.25) is 0 Å². The van der Waals surface area contributed by atoms with Crippen LogP contribution in [0.15, 0.2) is 29.6 Å². The van der Waals surface area contributed by atoms with E-state index in [1.54, 1.807) is 23.5 Å². The highest BCUT2D eigenvalue weighted by molar-refractivity contribution is 7.13. The monoisotopic (exact) mass is 361 g/mol. The van der Waals surface area contributed by atoms with E-state index in [0.29, 0.717) is 6.10 Å². The smallest absolute Gasteiger partial charge is 0.123 e. The van der Waals surface area contributed by atoms with Gasteiger partial charge < -0.3 is 4.74 Å². The summed E-state index contributed by atoms with van der Waals surface area (Å²) >= 11 is 1.63. The van der Waals surface area contributed by atoms with E-state index in [0.717, 1.165) is 62.1 Å². The van der Waals surface area contributed by atoms with Crippen molar-refractivity contribution in [2.24, 2.45) is 0 Å². The molecule has 0 saturated carbocycles. The molecule has 6 heteroatoms. The molecule has 2 aliphatic heterocycles. The van der Waals surface area contributed by atoms with E-state index in [-0.39, 0.29) is 5.82 Å². The van der Waals surface area contributed by atoms with Crippen molar-refractivity contribution in [3.63, 3.8) is 0 Å². The molecule has 4 nitrogen and oxygen atoms in total. The summed E-state index contributed by atoms with van der Waals surface area (Å²) in [4.78, 5) is 9.72. The van der Waals surface area contributed by atoms with E-state index in [1.165, 1.54) is 25.0 Å². The Hall–Kier alpha value is -1.34. The lowest BCUT2D eigenvalue weighted by atomic mass is 10.2. The van der Waals surface area contributed by atoms with Gasteiger partial charge in [-0.1, -0.05) is 0 Å². The molecule has 4 rings (SSSR count). The fourth-order valence-electron chi connectivity index (χ4n) is 3.54. The molecule has 1 aromatic heterocycles. The predicted octanol–water partition coefficient (Wildman–Crippen LogP) is 3.25. The Morgan fingerprint density at radius 3 is 2.60 bits per heavy atom. The minimum Gasteiger partial charge on any atom is -0.377 e. The number of thiazole rings is 1. The molecule has 1 atom stereocenters. The van der Waals surface area contributed by atoms with Gasteiger partial charge in [-0.3, -0.25) is 9.80 Å². The van der Waals surface area contributed by atoms with Gasteiger partial charge in [-0.25, -0.2) is 9.37 Å². The van der Waals surface area contributed by atoms with Gasteiger partial charge in [0, 0.05) is 56.8 Å². The van der Waals surface area contributed by atoms with Gasteiger partial charge in [0.1, 0.15) is 10.8 Å². The van der Waals surface area contributed by atoms with Crippen LogP contribution in [0.5, 0.6) is 0 Å². The summed E-state index contributed by atoms with van der Waals surface area (Å²) in [5.74, 6) is -0.207. The molecule has 0 spiro atoms. The molecule has 25 heavy (non-hydrogen) atoms. The summed E-state index contributed by atoms with van der Waals surface area (Å²) in [6.07, 6.45) is 2.87. The molecule has 0 bridgehead atoms. The molecule has 0 aliphatic carbocycles. The standard InChI is InChI=1S/C19H24FN3OS/c20-16-5-3-15(4-6-16)19-21-17(14-25-19)12-22-7-9-23(10-8-22)13-18-2-1-11-24-18/h3-6,14,18H,1-2,7-13H2. The fourth-order valence-corrected chi connectivity index (χ4v) is 4.36. The molecule has 2 aliphatic rings. The zero-order valence-corrected chi connectivity index (χ0v) is 15.2. The van der Waals surface area contributed by atoms with Crippen LogP contribution in [0.1, 0.15) is 18.5 Å². The van der Waals surface area contributed by atoms with Crippen LogP contribution < -0.4 is 0 Å². The molecular weight excluding hydrogens is 337 g/mol. The summed E-state index contributed by atoms with van der Waals surface area (Å²) in [6, 6.07) is 6.57. The van der Waals surface area contributed by atoms with Gasteiger partial charge in [0.15, 0.2) is 0 Å². The minimum atomic E-state index is -0.207. The number of ether oxygens (including phenoxy) is 1. The second kappa shape index (κ2) is 7.91. The minimum absolute atomic E-state index is 0.207. The van der Waals surface area contributed by atoms with Crippen molar-refractivity contribution in [2.45, 2.75) is 25.5 Å². The van der Waals surface area contributed by atoms with Crippen molar-refractivity contribution in [3.05, 3.63) is 41.2 Å².